The summed E-state index contributed by atoms with van der Waals surface area (Å²) in [6.45, 7) is 0.204. The van der Waals surface area contributed by atoms with Gasteiger partial charge in [-0.2, -0.15) is 0 Å². The Labute approximate surface area is 309 Å². The van der Waals surface area contributed by atoms with Crippen LogP contribution in [0.15, 0.2) is 102 Å². The van der Waals surface area contributed by atoms with Crippen LogP contribution >= 0.6 is 22.9 Å². The Morgan fingerprint density at radius 3 is 2.33 bits per heavy atom. The predicted octanol–water partition coefficient (Wildman–Crippen LogP) is 7.03. The minimum absolute atomic E-state index is 0.146. The first kappa shape index (κ1) is 33.9. The normalized spacial score (nSPS) is 26.8. The van der Waals surface area contributed by atoms with Crippen molar-refractivity contribution in [1.82, 2.24) is 4.90 Å². The third-order valence-corrected chi connectivity index (χ3v) is 12.3. The third kappa shape index (κ3) is 5.10. The fraction of sp³-hybridized carbons (Fsp3) is 0.268. The van der Waals surface area contributed by atoms with Gasteiger partial charge in [0.1, 0.15) is 0 Å². The Bertz CT molecular complexity index is 2140. The van der Waals surface area contributed by atoms with Gasteiger partial charge in [0, 0.05) is 15.8 Å². The molecule has 1 aromatic heterocycles. The van der Waals surface area contributed by atoms with Crippen molar-refractivity contribution in [2.75, 3.05) is 19.1 Å². The van der Waals surface area contributed by atoms with E-state index in [2.05, 4.69) is 0 Å². The molecule has 264 valence electrons. The lowest BCUT2D eigenvalue weighted by molar-refractivity contribution is -0.141. The number of hydrogen-bond donors (Lipinski definition) is 1. The molecule has 11 heteroatoms. The number of nitrogens with zero attached hydrogens (tertiary/aromatic N) is 2. The van der Waals surface area contributed by atoms with E-state index in [0.717, 1.165) is 10.5 Å². The number of amides is 4. The number of anilines is 1. The average molecular weight is 735 g/mol. The highest BCUT2D eigenvalue weighted by atomic mass is 35.5. The van der Waals surface area contributed by atoms with Gasteiger partial charge in [0.25, 0.3) is 0 Å². The summed E-state index contributed by atoms with van der Waals surface area (Å²) in [5.41, 5.74) is 1.13. The number of hydrogen-bond acceptors (Lipinski definition) is 8. The number of carbonyl (C=O) groups excluding carboxylic acids is 4. The van der Waals surface area contributed by atoms with E-state index >= 15 is 4.79 Å². The summed E-state index contributed by atoms with van der Waals surface area (Å²) in [4.78, 5) is 61.9. The maximum atomic E-state index is 15.3. The van der Waals surface area contributed by atoms with Crippen LogP contribution in [-0.2, 0) is 31.1 Å². The maximum Gasteiger partial charge on any atom is 0.246 e. The number of ether oxygens (including phenoxy) is 2. The van der Waals surface area contributed by atoms with Gasteiger partial charge in [-0.3, -0.25) is 24.1 Å². The molecule has 9 nitrogen and oxygen atoms in total. The van der Waals surface area contributed by atoms with Crippen LogP contribution in [0.4, 0.5) is 5.69 Å². The lowest BCUT2D eigenvalue weighted by Gasteiger charge is -2.49. The van der Waals surface area contributed by atoms with Crippen LogP contribution in [0.1, 0.15) is 28.8 Å². The van der Waals surface area contributed by atoms with Gasteiger partial charge < -0.3 is 14.6 Å². The summed E-state index contributed by atoms with van der Waals surface area (Å²) in [6, 6.07) is 23.2. The number of methoxy groups -OCH3 is 2. The molecule has 52 heavy (non-hydrogen) atoms. The Morgan fingerprint density at radius 1 is 0.904 bits per heavy atom. The summed E-state index contributed by atoms with van der Waals surface area (Å²) < 4.78 is 10.8. The van der Waals surface area contributed by atoms with Crippen molar-refractivity contribution < 1.29 is 33.8 Å². The van der Waals surface area contributed by atoms with Crippen molar-refractivity contribution >= 4 is 58.3 Å². The maximum absolute atomic E-state index is 15.3. The largest absolute Gasteiger partial charge is 0.502 e. The number of imide groups is 2. The molecule has 4 aromatic rings. The summed E-state index contributed by atoms with van der Waals surface area (Å²) in [7, 11) is 2.89. The van der Waals surface area contributed by atoms with Gasteiger partial charge in [0.05, 0.1) is 49.6 Å². The molecule has 0 spiro atoms. The molecule has 2 aliphatic carbocycles. The standard InChI is InChI=1S/C41H35ClN2O7S/c1-50-33-18-23(19-34(51-2)36(33)45)13-16-31-28-14-15-29-35(39(48)43(37(29)46)22-27-12-7-17-52-27)30(28)21-32-38(47)44(26-11-6-10-25(42)20-26)40(49)41(31,32)24-8-4-3-5-9-24/h3-14,16-20,29-32,35,45H,15,21-22H2,1-2H3. The highest BCUT2D eigenvalue weighted by Crippen LogP contribution is 2.62. The molecule has 0 bridgehead atoms. The number of aromatic hydroxyl groups is 1. The SMILES string of the molecule is COc1cc(C=CC2C3=CCC4C(=O)N(Cc5cccs5)C(=O)C4C3CC3C(=O)N(c4cccc(Cl)c4)C(=O)C23c2ccccc2)cc(OC)c1O. The van der Waals surface area contributed by atoms with E-state index in [9.17, 15) is 19.5 Å². The molecule has 6 atom stereocenters. The number of halogens is 1. The molecule has 4 amide bonds. The second-order valence-corrected chi connectivity index (χ2v) is 15.1. The number of likely N-dealkylation sites (tertiary alicyclic amines) is 1. The van der Waals surface area contributed by atoms with E-state index in [1.165, 1.54) is 35.4 Å². The molecule has 6 unspecified atom stereocenters. The first-order valence-corrected chi connectivity index (χ1v) is 18.3. The molecule has 2 saturated heterocycles. The molecular weight excluding hydrogens is 700 g/mol. The quantitative estimate of drug-likeness (QED) is 0.153. The van der Waals surface area contributed by atoms with Crippen molar-refractivity contribution in [2.24, 2.45) is 29.6 Å². The molecule has 0 radical (unpaired) electrons. The zero-order chi connectivity index (χ0) is 36.3. The highest BCUT2D eigenvalue weighted by molar-refractivity contribution is 7.09. The Morgan fingerprint density at radius 2 is 1.65 bits per heavy atom. The molecule has 3 aromatic carbocycles. The van der Waals surface area contributed by atoms with Crippen LogP contribution < -0.4 is 14.4 Å². The molecule has 2 aliphatic heterocycles. The molecule has 3 fully saturated rings. The van der Waals surface area contributed by atoms with Crippen molar-refractivity contribution in [2.45, 2.75) is 24.8 Å². The van der Waals surface area contributed by atoms with Crippen LogP contribution in [0.25, 0.3) is 6.08 Å². The monoisotopic (exact) mass is 734 g/mol. The molecule has 1 N–H and O–H groups in total. The molecular formula is C41H35ClN2O7S. The molecule has 1 saturated carbocycles. The Kier molecular flexibility index (Phi) is 8.54. The van der Waals surface area contributed by atoms with Crippen LogP contribution in [-0.4, -0.2) is 47.9 Å². The second-order valence-electron chi connectivity index (χ2n) is 13.6. The van der Waals surface area contributed by atoms with Gasteiger partial charge in [0.2, 0.25) is 29.4 Å². The van der Waals surface area contributed by atoms with Gasteiger partial charge in [0.15, 0.2) is 11.5 Å². The lowest BCUT2D eigenvalue weighted by atomic mass is 9.50. The number of carbonyl (C=O) groups is 4. The number of phenols is 1. The summed E-state index contributed by atoms with van der Waals surface area (Å²) >= 11 is 7.89. The van der Waals surface area contributed by atoms with Gasteiger partial charge >= 0.3 is 0 Å². The third-order valence-electron chi connectivity index (χ3n) is 11.2. The topological polar surface area (TPSA) is 113 Å². The highest BCUT2D eigenvalue weighted by Gasteiger charge is 2.69. The number of thiophene rings is 1. The summed E-state index contributed by atoms with van der Waals surface area (Å²) in [5, 5.41) is 12.9. The van der Waals surface area contributed by atoms with Crippen LogP contribution in [0.2, 0.25) is 5.02 Å². The van der Waals surface area contributed by atoms with Gasteiger partial charge in [-0.1, -0.05) is 77.9 Å². The average Bonchev–Trinajstić information content (AvgIpc) is 3.82. The smallest absolute Gasteiger partial charge is 0.246 e. The van der Waals surface area contributed by atoms with E-state index in [-0.39, 0.29) is 53.8 Å². The van der Waals surface area contributed by atoms with Crippen molar-refractivity contribution in [3.8, 4) is 17.2 Å². The van der Waals surface area contributed by atoms with Gasteiger partial charge in [-0.15, -0.1) is 11.3 Å². The summed E-state index contributed by atoms with van der Waals surface area (Å²) in [6.07, 6.45) is 6.32. The van der Waals surface area contributed by atoms with Crippen LogP contribution in [0.5, 0.6) is 17.2 Å². The second kappa shape index (κ2) is 13.1. The van der Waals surface area contributed by atoms with E-state index < -0.39 is 35.0 Å². The van der Waals surface area contributed by atoms with Crippen LogP contribution in [0.3, 0.4) is 0 Å². The minimum Gasteiger partial charge on any atom is -0.502 e. The lowest BCUT2D eigenvalue weighted by Crippen LogP contribution is -2.54. The van der Waals surface area contributed by atoms with Gasteiger partial charge in [-0.05, 0) is 71.7 Å². The zero-order valence-corrected chi connectivity index (χ0v) is 30.0. The zero-order valence-electron chi connectivity index (χ0n) is 28.4. The first-order valence-electron chi connectivity index (χ1n) is 17.1. The van der Waals surface area contributed by atoms with Crippen molar-refractivity contribution in [3.63, 3.8) is 0 Å². The Balaban J connectivity index is 1.31. The number of benzene rings is 3. The predicted molar refractivity (Wildman–Crippen MR) is 197 cm³/mol. The number of phenolic OH excluding ortho intramolecular Hbond substituents is 1. The molecule has 8 rings (SSSR count). The van der Waals surface area contributed by atoms with Gasteiger partial charge in [-0.25, -0.2) is 4.90 Å². The van der Waals surface area contributed by atoms with Crippen molar-refractivity contribution in [1.29, 1.82) is 0 Å². The fourth-order valence-electron chi connectivity index (χ4n) is 8.99. The van der Waals surface area contributed by atoms with E-state index in [1.807, 2.05) is 66.1 Å². The number of fused-ring (bicyclic) bond motifs is 4. The first-order chi connectivity index (χ1) is 25.2. The molecule has 4 aliphatic rings. The number of allylic oxidation sites excluding steroid dienone is 3. The van der Waals surface area contributed by atoms with E-state index in [1.54, 1.807) is 36.4 Å². The molecule has 3 heterocycles. The number of rotatable bonds is 8. The minimum atomic E-state index is -1.39. The fourth-order valence-corrected chi connectivity index (χ4v) is 9.86. The Hall–Kier alpha value is -5.19. The van der Waals surface area contributed by atoms with Crippen molar-refractivity contribution in [3.05, 3.63) is 123 Å². The summed E-state index contributed by atoms with van der Waals surface area (Å²) in [5.74, 6) is -4.22. The van der Waals surface area contributed by atoms with Crippen LogP contribution in [0, 0.1) is 29.6 Å². The van der Waals surface area contributed by atoms with E-state index in [4.69, 9.17) is 21.1 Å². The van der Waals surface area contributed by atoms with E-state index in [0.29, 0.717) is 28.3 Å².